The fourth-order valence-electron chi connectivity index (χ4n) is 3.01. The molecule has 2 N–H and O–H groups in total. The van der Waals surface area contributed by atoms with E-state index in [9.17, 15) is 4.79 Å². The summed E-state index contributed by atoms with van der Waals surface area (Å²) in [6.07, 6.45) is 8.00. The van der Waals surface area contributed by atoms with E-state index in [1.54, 1.807) is 6.20 Å². The van der Waals surface area contributed by atoms with Crippen LogP contribution in [0.25, 0.3) is 11.3 Å². The molecule has 1 fully saturated rings. The van der Waals surface area contributed by atoms with Gasteiger partial charge in [0, 0.05) is 12.1 Å². The third kappa shape index (κ3) is 3.32. The molecule has 0 aliphatic heterocycles. The molecule has 3 rings (SSSR count). The molecule has 110 valence electrons. The van der Waals surface area contributed by atoms with Crippen LogP contribution >= 0.6 is 0 Å². The Bertz CT molecular complexity index is 585. The lowest BCUT2D eigenvalue weighted by Gasteiger charge is -2.21. The molecule has 1 amide bonds. The molecule has 1 heterocycles. The van der Waals surface area contributed by atoms with E-state index in [1.807, 2.05) is 30.3 Å². The van der Waals surface area contributed by atoms with Gasteiger partial charge in [0.05, 0.1) is 17.5 Å². The molecular formula is C17H21N3O. The highest BCUT2D eigenvalue weighted by Gasteiger charge is 2.18. The van der Waals surface area contributed by atoms with Crippen molar-refractivity contribution < 1.29 is 4.79 Å². The molecule has 0 saturated heterocycles. The number of aromatic amines is 1. The van der Waals surface area contributed by atoms with Gasteiger partial charge in [0.15, 0.2) is 0 Å². The van der Waals surface area contributed by atoms with Crippen LogP contribution in [-0.2, 0) is 0 Å². The van der Waals surface area contributed by atoms with Crippen molar-refractivity contribution >= 4 is 5.91 Å². The normalized spacial score (nSPS) is 15.8. The second kappa shape index (κ2) is 6.57. The van der Waals surface area contributed by atoms with E-state index in [0.29, 0.717) is 11.5 Å². The van der Waals surface area contributed by atoms with Crippen LogP contribution in [0.5, 0.6) is 0 Å². The quantitative estimate of drug-likeness (QED) is 0.903. The predicted molar refractivity (Wildman–Crippen MR) is 82.9 cm³/mol. The highest BCUT2D eigenvalue weighted by atomic mass is 16.1. The number of aromatic nitrogens is 2. The molecule has 1 aliphatic carbocycles. The molecule has 1 aromatic heterocycles. The lowest BCUT2D eigenvalue weighted by Crippen LogP contribution is -2.30. The monoisotopic (exact) mass is 283 g/mol. The van der Waals surface area contributed by atoms with Crippen LogP contribution in [0.15, 0.2) is 36.5 Å². The predicted octanol–water partition coefficient (Wildman–Crippen LogP) is 3.39. The first-order chi connectivity index (χ1) is 10.3. The van der Waals surface area contributed by atoms with E-state index in [2.05, 4.69) is 15.5 Å². The molecule has 0 spiro atoms. The molecule has 4 nitrogen and oxygen atoms in total. The molecule has 0 atom stereocenters. The van der Waals surface area contributed by atoms with Crippen LogP contribution in [-0.4, -0.2) is 22.6 Å². The molecule has 1 aromatic carbocycles. The molecule has 21 heavy (non-hydrogen) atoms. The smallest absolute Gasteiger partial charge is 0.255 e. The summed E-state index contributed by atoms with van der Waals surface area (Å²) >= 11 is 0. The van der Waals surface area contributed by atoms with Crippen molar-refractivity contribution in [2.75, 3.05) is 6.54 Å². The first-order valence-corrected chi connectivity index (χ1v) is 7.71. The summed E-state index contributed by atoms with van der Waals surface area (Å²) in [5, 5.41) is 10.0. The number of H-pyrrole nitrogens is 1. The number of nitrogens with zero attached hydrogens (tertiary/aromatic N) is 1. The minimum absolute atomic E-state index is 0.0341. The zero-order valence-electron chi connectivity index (χ0n) is 12.1. The zero-order valence-corrected chi connectivity index (χ0v) is 12.1. The van der Waals surface area contributed by atoms with Gasteiger partial charge in [-0.1, -0.05) is 49.6 Å². The molecule has 0 unspecified atom stereocenters. The SMILES string of the molecule is O=C(NCC1CCCCC1)c1cn[nH]c1-c1ccccc1. The molecule has 0 radical (unpaired) electrons. The Balaban J connectivity index is 1.66. The molecular weight excluding hydrogens is 262 g/mol. The highest BCUT2D eigenvalue weighted by Crippen LogP contribution is 2.24. The van der Waals surface area contributed by atoms with Crippen molar-refractivity contribution in [3.63, 3.8) is 0 Å². The number of hydrogen-bond donors (Lipinski definition) is 2. The second-order valence-electron chi connectivity index (χ2n) is 5.74. The first kappa shape index (κ1) is 13.9. The van der Waals surface area contributed by atoms with E-state index < -0.39 is 0 Å². The molecule has 0 bridgehead atoms. The largest absolute Gasteiger partial charge is 0.352 e. The zero-order chi connectivity index (χ0) is 14.5. The molecule has 1 aliphatic rings. The van der Waals surface area contributed by atoms with Crippen molar-refractivity contribution in [2.24, 2.45) is 5.92 Å². The van der Waals surface area contributed by atoms with Gasteiger partial charge in [-0.2, -0.15) is 5.10 Å². The van der Waals surface area contributed by atoms with Gasteiger partial charge in [-0.25, -0.2) is 0 Å². The summed E-state index contributed by atoms with van der Waals surface area (Å²) < 4.78 is 0. The Hall–Kier alpha value is -2.10. The maximum Gasteiger partial charge on any atom is 0.255 e. The van der Waals surface area contributed by atoms with Crippen LogP contribution in [0.3, 0.4) is 0 Å². The van der Waals surface area contributed by atoms with Crippen LogP contribution in [0, 0.1) is 5.92 Å². The number of carbonyl (C=O) groups is 1. The Morgan fingerprint density at radius 3 is 2.71 bits per heavy atom. The topological polar surface area (TPSA) is 57.8 Å². The van der Waals surface area contributed by atoms with E-state index >= 15 is 0 Å². The van der Waals surface area contributed by atoms with E-state index in [1.165, 1.54) is 32.1 Å². The minimum atomic E-state index is -0.0341. The minimum Gasteiger partial charge on any atom is -0.352 e. The Kier molecular flexibility index (Phi) is 4.34. The number of nitrogens with one attached hydrogen (secondary N) is 2. The van der Waals surface area contributed by atoms with Crippen molar-refractivity contribution in [3.05, 3.63) is 42.1 Å². The fraction of sp³-hybridized carbons (Fsp3) is 0.412. The number of benzene rings is 1. The Labute approximate surface area is 125 Å². The van der Waals surface area contributed by atoms with Gasteiger partial charge in [-0.05, 0) is 18.8 Å². The van der Waals surface area contributed by atoms with Crippen LogP contribution in [0.4, 0.5) is 0 Å². The first-order valence-electron chi connectivity index (χ1n) is 7.71. The van der Waals surface area contributed by atoms with Gasteiger partial charge in [-0.15, -0.1) is 0 Å². The van der Waals surface area contributed by atoms with Crippen LogP contribution in [0.1, 0.15) is 42.5 Å². The molecule has 1 saturated carbocycles. The lowest BCUT2D eigenvalue weighted by molar-refractivity contribution is 0.0944. The number of carbonyl (C=O) groups excluding carboxylic acids is 1. The summed E-state index contributed by atoms with van der Waals surface area (Å²) in [5.41, 5.74) is 2.39. The van der Waals surface area contributed by atoms with E-state index in [4.69, 9.17) is 0 Å². The van der Waals surface area contributed by atoms with Gasteiger partial charge in [0.1, 0.15) is 0 Å². The van der Waals surface area contributed by atoms with Crippen molar-refractivity contribution in [3.8, 4) is 11.3 Å². The van der Waals surface area contributed by atoms with Gasteiger partial charge in [0.25, 0.3) is 5.91 Å². The van der Waals surface area contributed by atoms with Crippen LogP contribution in [0.2, 0.25) is 0 Å². The maximum atomic E-state index is 12.4. The van der Waals surface area contributed by atoms with Gasteiger partial charge < -0.3 is 5.32 Å². The van der Waals surface area contributed by atoms with E-state index in [-0.39, 0.29) is 5.91 Å². The number of hydrogen-bond acceptors (Lipinski definition) is 2. The Morgan fingerprint density at radius 2 is 1.95 bits per heavy atom. The van der Waals surface area contributed by atoms with Gasteiger partial charge in [0.2, 0.25) is 0 Å². The summed E-state index contributed by atoms with van der Waals surface area (Å²) in [7, 11) is 0. The maximum absolute atomic E-state index is 12.4. The highest BCUT2D eigenvalue weighted by molar-refractivity contribution is 5.99. The molecule has 2 aromatic rings. The summed E-state index contributed by atoms with van der Waals surface area (Å²) in [5.74, 6) is 0.600. The lowest BCUT2D eigenvalue weighted by atomic mass is 9.89. The van der Waals surface area contributed by atoms with Crippen LogP contribution < -0.4 is 5.32 Å². The third-order valence-corrected chi connectivity index (χ3v) is 4.22. The second-order valence-corrected chi connectivity index (χ2v) is 5.74. The average Bonchev–Trinajstić information content (AvgIpc) is 3.04. The third-order valence-electron chi connectivity index (χ3n) is 4.22. The average molecular weight is 283 g/mol. The number of amides is 1. The van der Waals surface area contributed by atoms with E-state index in [0.717, 1.165) is 17.8 Å². The fourth-order valence-corrected chi connectivity index (χ4v) is 3.01. The summed E-state index contributed by atoms with van der Waals surface area (Å²) in [4.78, 5) is 12.4. The van der Waals surface area contributed by atoms with Crippen molar-refractivity contribution in [2.45, 2.75) is 32.1 Å². The summed E-state index contributed by atoms with van der Waals surface area (Å²) in [6, 6.07) is 9.83. The standard InChI is InChI=1S/C17H21N3O/c21-17(18-11-13-7-3-1-4-8-13)15-12-19-20-16(15)14-9-5-2-6-10-14/h2,5-6,9-10,12-13H,1,3-4,7-8,11H2,(H,18,21)(H,19,20). The molecule has 4 heteroatoms. The Morgan fingerprint density at radius 1 is 1.19 bits per heavy atom. The van der Waals surface area contributed by atoms with Gasteiger partial charge in [-0.3, -0.25) is 9.89 Å². The number of rotatable bonds is 4. The van der Waals surface area contributed by atoms with Crippen molar-refractivity contribution in [1.29, 1.82) is 0 Å². The van der Waals surface area contributed by atoms with Crippen molar-refractivity contribution in [1.82, 2.24) is 15.5 Å². The van der Waals surface area contributed by atoms with Gasteiger partial charge >= 0.3 is 0 Å². The summed E-state index contributed by atoms with van der Waals surface area (Å²) in [6.45, 7) is 0.776.